The number of hydrogen-bond acceptors (Lipinski definition) is 4. The summed E-state index contributed by atoms with van der Waals surface area (Å²) in [6.45, 7) is 6.26. The van der Waals surface area contributed by atoms with E-state index in [1.54, 1.807) is 18.3 Å². The molecule has 5 nitrogen and oxygen atoms in total. The fourth-order valence-corrected chi connectivity index (χ4v) is 3.09. The number of aliphatic hydroxyl groups is 1. The topological polar surface area (TPSA) is 74.2 Å². The summed E-state index contributed by atoms with van der Waals surface area (Å²) in [7, 11) is 0. The second kappa shape index (κ2) is 6.87. The Morgan fingerprint density at radius 2 is 2.19 bits per heavy atom. The van der Waals surface area contributed by atoms with E-state index in [0.29, 0.717) is 13.0 Å². The monoisotopic (exact) mass is 307 g/mol. The second-order valence-corrected chi connectivity index (χ2v) is 6.68. The van der Waals surface area contributed by atoms with Crippen molar-refractivity contribution >= 4 is 33.3 Å². The zero-order valence-corrected chi connectivity index (χ0v) is 13.3. The summed E-state index contributed by atoms with van der Waals surface area (Å²) in [5, 5.41) is 15.9. The van der Waals surface area contributed by atoms with Gasteiger partial charge in [-0.25, -0.2) is 9.78 Å². The summed E-state index contributed by atoms with van der Waals surface area (Å²) in [4.78, 5) is 16.2. The smallest absolute Gasteiger partial charge is 0.319 e. The maximum atomic E-state index is 11.8. The summed E-state index contributed by atoms with van der Waals surface area (Å²) in [5.74, 6) is 0.238. The Labute approximate surface area is 128 Å². The summed E-state index contributed by atoms with van der Waals surface area (Å²) in [6, 6.07) is 5.46. The molecule has 0 spiro atoms. The minimum absolute atomic E-state index is 0.229. The lowest BCUT2D eigenvalue weighted by atomic mass is 10.1. The van der Waals surface area contributed by atoms with Gasteiger partial charge in [-0.3, -0.25) is 0 Å². The van der Waals surface area contributed by atoms with Crippen molar-refractivity contribution in [3.05, 3.63) is 23.2 Å². The Morgan fingerprint density at radius 3 is 2.90 bits per heavy atom. The van der Waals surface area contributed by atoms with Gasteiger partial charge < -0.3 is 15.7 Å². The molecule has 0 aliphatic carbocycles. The molecule has 0 saturated heterocycles. The lowest BCUT2D eigenvalue weighted by Crippen LogP contribution is -2.33. The standard InChI is InChI=1S/C15H21N3O2S/c1-9(6-10(2)19)8-16-15(20)18-12-4-5-13-14(7-12)21-11(3)17-13/h4-5,7,9-10,19H,6,8H2,1-3H3,(H2,16,18,20). The molecule has 0 aliphatic rings. The molecule has 2 aromatic rings. The van der Waals surface area contributed by atoms with Crippen LogP contribution in [0.5, 0.6) is 0 Å². The van der Waals surface area contributed by atoms with Crippen molar-refractivity contribution in [1.29, 1.82) is 0 Å². The lowest BCUT2D eigenvalue weighted by molar-refractivity contribution is 0.163. The van der Waals surface area contributed by atoms with Crippen LogP contribution in [0.3, 0.4) is 0 Å². The minimum atomic E-state index is -0.346. The highest BCUT2D eigenvalue weighted by Gasteiger charge is 2.09. The maximum Gasteiger partial charge on any atom is 0.319 e. The summed E-state index contributed by atoms with van der Waals surface area (Å²) >= 11 is 1.61. The third-order valence-corrected chi connectivity index (χ3v) is 4.04. The number of aryl methyl sites for hydroxylation is 1. The molecule has 2 rings (SSSR count). The van der Waals surface area contributed by atoms with Gasteiger partial charge in [-0.1, -0.05) is 6.92 Å². The van der Waals surface area contributed by atoms with Crippen molar-refractivity contribution in [3.8, 4) is 0 Å². The Kier molecular flexibility index (Phi) is 5.14. The third-order valence-electron chi connectivity index (χ3n) is 3.11. The van der Waals surface area contributed by atoms with Gasteiger partial charge in [0.25, 0.3) is 0 Å². The van der Waals surface area contributed by atoms with E-state index < -0.39 is 0 Å². The van der Waals surface area contributed by atoms with Crippen LogP contribution in [-0.4, -0.2) is 28.8 Å². The van der Waals surface area contributed by atoms with Gasteiger partial charge in [0.05, 0.1) is 21.3 Å². The Bertz CT molecular complexity index is 624. The van der Waals surface area contributed by atoms with Gasteiger partial charge in [-0.2, -0.15) is 0 Å². The van der Waals surface area contributed by atoms with E-state index >= 15 is 0 Å². The minimum Gasteiger partial charge on any atom is -0.393 e. The van der Waals surface area contributed by atoms with Crippen LogP contribution in [0.15, 0.2) is 18.2 Å². The van der Waals surface area contributed by atoms with Gasteiger partial charge in [-0.05, 0) is 44.4 Å². The molecule has 3 N–H and O–H groups in total. The number of urea groups is 1. The molecule has 2 unspecified atom stereocenters. The van der Waals surface area contributed by atoms with E-state index in [0.717, 1.165) is 20.9 Å². The number of carbonyl (C=O) groups is 1. The first kappa shape index (κ1) is 15.7. The van der Waals surface area contributed by atoms with E-state index in [4.69, 9.17) is 0 Å². The number of rotatable bonds is 5. The quantitative estimate of drug-likeness (QED) is 0.794. The zero-order chi connectivity index (χ0) is 15.4. The molecule has 0 bridgehead atoms. The number of benzene rings is 1. The van der Waals surface area contributed by atoms with Gasteiger partial charge in [0, 0.05) is 12.2 Å². The molecule has 0 aliphatic heterocycles. The number of anilines is 1. The molecule has 1 heterocycles. The molecular formula is C15H21N3O2S. The summed E-state index contributed by atoms with van der Waals surface area (Å²) in [5.41, 5.74) is 1.71. The van der Waals surface area contributed by atoms with Crippen LogP contribution in [0, 0.1) is 12.8 Å². The average Bonchev–Trinajstić information content (AvgIpc) is 2.75. The molecule has 0 radical (unpaired) electrons. The first-order valence-corrected chi connectivity index (χ1v) is 7.86. The number of amides is 2. The highest BCUT2D eigenvalue weighted by atomic mass is 32.1. The van der Waals surface area contributed by atoms with E-state index in [1.165, 1.54) is 0 Å². The number of nitrogens with zero attached hydrogens (tertiary/aromatic N) is 1. The van der Waals surface area contributed by atoms with E-state index in [9.17, 15) is 9.90 Å². The fourth-order valence-electron chi connectivity index (χ4n) is 2.23. The molecule has 2 amide bonds. The molecule has 0 fully saturated rings. The zero-order valence-electron chi connectivity index (χ0n) is 12.5. The van der Waals surface area contributed by atoms with Gasteiger partial charge >= 0.3 is 6.03 Å². The van der Waals surface area contributed by atoms with Crippen LogP contribution < -0.4 is 10.6 Å². The van der Waals surface area contributed by atoms with Crippen molar-refractivity contribution in [2.24, 2.45) is 5.92 Å². The van der Waals surface area contributed by atoms with E-state index in [-0.39, 0.29) is 18.1 Å². The predicted molar refractivity (Wildman–Crippen MR) is 86.8 cm³/mol. The first-order valence-electron chi connectivity index (χ1n) is 7.04. The van der Waals surface area contributed by atoms with Crippen molar-refractivity contribution in [2.45, 2.75) is 33.3 Å². The highest BCUT2D eigenvalue weighted by molar-refractivity contribution is 7.18. The van der Waals surface area contributed by atoms with Crippen LogP contribution in [0.4, 0.5) is 10.5 Å². The number of nitrogens with one attached hydrogen (secondary N) is 2. The normalized spacial score (nSPS) is 13.9. The molecule has 114 valence electrons. The Balaban J connectivity index is 1.89. The van der Waals surface area contributed by atoms with Gasteiger partial charge in [0.2, 0.25) is 0 Å². The molecule has 1 aromatic heterocycles. The lowest BCUT2D eigenvalue weighted by Gasteiger charge is -2.14. The predicted octanol–water partition coefficient (Wildman–Crippen LogP) is 3.13. The van der Waals surface area contributed by atoms with Crippen LogP contribution >= 0.6 is 11.3 Å². The number of carbonyl (C=O) groups excluding carboxylic acids is 1. The van der Waals surface area contributed by atoms with E-state index in [1.807, 2.05) is 32.0 Å². The molecule has 21 heavy (non-hydrogen) atoms. The first-order chi connectivity index (χ1) is 9.94. The van der Waals surface area contributed by atoms with Gasteiger partial charge in [-0.15, -0.1) is 11.3 Å². The van der Waals surface area contributed by atoms with Crippen molar-refractivity contribution in [2.75, 3.05) is 11.9 Å². The number of thiazole rings is 1. The number of aliphatic hydroxyl groups excluding tert-OH is 1. The highest BCUT2D eigenvalue weighted by Crippen LogP contribution is 2.24. The SMILES string of the molecule is Cc1nc2ccc(NC(=O)NCC(C)CC(C)O)cc2s1. The number of hydrogen-bond donors (Lipinski definition) is 3. The van der Waals surface area contributed by atoms with Gasteiger partial charge in [0.15, 0.2) is 0 Å². The maximum absolute atomic E-state index is 11.8. The molecular weight excluding hydrogens is 286 g/mol. The van der Waals surface area contributed by atoms with E-state index in [2.05, 4.69) is 15.6 Å². The molecule has 0 saturated carbocycles. The largest absolute Gasteiger partial charge is 0.393 e. The average molecular weight is 307 g/mol. The molecule has 1 aromatic carbocycles. The van der Waals surface area contributed by atoms with Crippen molar-refractivity contribution < 1.29 is 9.90 Å². The fraction of sp³-hybridized carbons (Fsp3) is 0.467. The van der Waals surface area contributed by atoms with Crippen LogP contribution in [0.2, 0.25) is 0 Å². The second-order valence-electron chi connectivity index (χ2n) is 5.44. The Morgan fingerprint density at radius 1 is 1.43 bits per heavy atom. The number of fused-ring (bicyclic) bond motifs is 1. The van der Waals surface area contributed by atoms with Crippen LogP contribution in [0.1, 0.15) is 25.3 Å². The van der Waals surface area contributed by atoms with Crippen molar-refractivity contribution in [1.82, 2.24) is 10.3 Å². The number of aromatic nitrogens is 1. The van der Waals surface area contributed by atoms with Gasteiger partial charge in [0.1, 0.15) is 0 Å². The van der Waals surface area contributed by atoms with Crippen LogP contribution in [-0.2, 0) is 0 Å². The van der Waals surface area contributed by atoms with Crippen LogP contribution in [0.25, 0.3) is 10.2 Å². The Hall–Kier alpha value is -1.66. The molecule has 2 atom stereocenters. The summed E-state index contributed by atoms with van der Waals surface area (Å²) in [6.07, 6.45) is 0.327. The molecule has 6 heteroatoms. The summed E-state index contributed by atoms with van der Waals surface area (Å²) < 4.78 is 1.06. The van der Waals surface area contributed by atoms with Crippen molar-refractivity contribution in [3.63, 3.8) is 0 Å². The third kappa shape index (κ3) is 4.68.